The summed E-state index contributed by atoms with van der Waals surface area (Å²) in [6.45, 7) is 0. The highest BCUT2D eigenvalue weighted by atomic mass is 35.5. The Morgan fingerprint density at radius 1 is 1.21 bits per heavy atom. The number of thioether (sulfide) groups is 1. The van der Waals surface area contributed by atoms with Gasteiger partial charge in [-0.1, -0.05) is 41.4 Å². The van der Waals surface area contributed by atoms with Crippen LogP contribution < -0.4 is 10.1 Å². The largest absolute Gasteiger partial charge is 0.494 e. The van der Waals surface area contributed by atoms with Gasteiger partial charge in [-0.05, 0) is 47.7 Å². The molecule has 1 aliphatic rings. The summed E-state index contributed by atoms with van der Waals surface area (Å²) >= 11 is 13.3. The van der Waals surface area contributed by atoms with Crippen LogP contribution in [0.4, 0.5) is 5.69 Å². The van der Waals surface area contributed by atoms with E-state index in [0.717, 1.165) is 5.56 Å². The number of carbonyl (C=O) groups excluding carboxylic acids is 1. The molecule has 1 heterocycles. The average Bonchev–Trinajstić information content (AvgIpc) is 2.90. The van der Waals surface area contributed by atoms with Crippen molar-refractivity contribution in [1.29, 1.82) is 0 Å². The van der Waals surface area contributed by atoms with Crippen molar-refractivity contribution in [3.05, 3.63) is 63.0 Å². The highest BCUT2D eigenvalue weighted by Gasteiger charge is 2.24. The third-order valence-electron chi connectivity index (χ3n) is 3.21. The number of amides is 1. The first-order chi connectivity index (χ1) is 11.6. The van der Waals surface area contributed by atoms with Gasteiger partial charge in [0.05, 0.1) is 12.0 Å². The van der Waals surface area contributed by atoms with E-state index < -0.39 is 0 Å². The molecule has 1 aliphatic heterocycles. The number of ether oxygens (including phenoxy) is 1. The van der Waals surface area contributed by atoms with Gasteiger partial charge < -0.3 is 10.1 Å². The minimum atomic E-state index is -0.223. The van der Waals surface area contributed by atoms with E-state index in [-0.39, 0.29) is 5.91 Å². The smallest absolute Gasteiger partial charge is 0.264 e. The van der Waals surface area contributed by atoms with Crippen LogP contribution in [-0.2, 0) is 4.79 Å². The van der Waals surface area contributed by atoms with Crippen LogP contribution in [0, 0.1) is 0 Å². The third-order valence-corrected chi connectivity index (χ3v) is 4.68. The van der Waals surface area contributed by atoms with Gasteiger partial charge in [0, 0.05) is 10.0 Å². The fourth-order valence-electron chi connectivity index (χ4n) is 2.07. The minimum absolute atomic E-state index is 0.223. The van der Waals surface area contributed by atoms with Gasteiger partial charge in [0.1, 0.15) is 11.4 Å². The molecule has 1 amide bonds. The second-order valence-electron chi connectivity index (χ2n) is 4.82. The molecule has 2 aromatic rings. The lowest BCUT2D eigenvalue weighted by molar-refractivity contribution is -0.115. The average molecular weight is 379 g/mol. The lowest BCUT2D eigenvalue weighted by Gasteiger charge is -2.03. The molecule has 2 aromatic carbocycles. The molecule has 0 spiro atoms. The molecule has 0 saturated carbocycles. The molecule has 122 valence electrons. The van der Waals surface area contributed by atoms with Gasteiger partial charge in [0.2, 0.25) is 0 Å². The highest BCUT2D eigenvalue weighted by molar-refractivity contribution is 8.18. The van der Waals surface area contributed by atoms with Gasteiger partial charge in [-0.15, -0.1) is 0 Å². The van der Waals surface area contributed by atoms with Gasteiger partial charge in [0.15, 0.2) is 5.17 Å². The Morgan fingerprint density at radius 3 is 2.75 bits per heavy atom. The fourth-order valence-corrected chi connectivity index (χ4v) is 3.36. The van der Waals surface area contributed by atoms with Gasteiger partial charge in [-0.2, -0.15) is 0 Å². The summed E-state index contributed by atoms with van der Waals surface area (Å²) in [6, 6.07) is 12.5. The molecule has 0 bridgehead atoms. The molecule has 1 N–H and O–H groups in total. The standard InChI is InChI=1S/C17H12Cl2N2O2S/c1-23-14-5-3-2-4-13(14)20-17-21-16(22)15(24-17)8-10-6-7-11(18)9-12(10)19/h2-9H,1H3,(H,20,21,22)/b15-8-. The molecular formula is C17H12Cl2N2O2S. The molecular weight excluding hydrogens is 367 g/mol. The topological polar surface area (TPSA) is 50.7 Å². The summed E-state index contributed by atoms with van der Waals surface area (Å²) in [4.78, 5) is 17.1. The zero-order valence-corrected chi connectivity index (χ0v) is 14.9. The molecule has 4 nitrogen and oxygen atoms in total. The molecule has 7 heteroatoms. The van der Waals surface area contributed by atoms with E-state index >= 15 is 0 Å². The first-order valence-electron chi connectivity index (χ1n) is 6.94. The summed E-state index contributed by atoms with van der Waals surface area (Å²) < 4.78 is 5.26. The summed E-state index contributed by atoms with van der Waals surface area (Å²) in [5.74, 6) is 0.415. The Bertz CT molecular complexity index is 865. The Kier molecular flexibility index (Phi) is 5.14. The van der Waals surface area contributed by atoms with Crippen LogP contribution in [0.5, 0.6) is 5.75 Å². The molecule has 0 atom stereocenters. The van der Waals surface area contributed by atoms with E-state index in [0.29, 0.717) is 31.6 Å². The molecule has 1 saturated heterocycles. The molecule has 0 radical (unpaired) electrons. The van der Waals surface area contributed by atoms with Gasteiger partial charge in [0.25, 0.3) is 5.91 Å². The second-order valence-corrected chi connectivity index (χ2v) is 6.69. The van der Waals surface area contributed by atoms with Crippen LogP contribution in [0.3, 0.4) is 0 Å². The van der Waals surface area contributed by atoms with Gasteiger partial charge in [-0.25, -0.2) is 4.99 Å². The Morgan fingerprint density at radius 2 is 2.00 bits per heavy atom. The predicted octanol–water partition coefficient (Wildman–Crippen LogP) is 4.89. The normalized spacial score (nSPS) is 17.4. The number of nitrogens with zero attached hydrogens (tertiary/aromatic N) is 1. The van der Waals surface area contributed by atoms with E-state index in [1.165, 1.54) is 11.8 Å². The monoisotopic (exact) mass is 378 g/mol. The maximum absolute atomic E-state index is 12.1. The van der Waals surface area contributed by atoms with E-state index in [4.69, 9.17) is 27.9 Å². The number of methoxy groups -OCH3 is 1. The maximum Gasteiger partial charge on any atom is 0.264 e. The Labute approximate surface area is 153 Å². The van der Waals surface area contributed by atoms with Crippen molar-refractivity contribution < 1.29 is 9.53 Å². The Hall–Kier alpha value is -1.95. The SMILES string of the molecule is COc1ccccc1N=C1NC(=O)/C(=C/c2ccc(Cl)cc2Cl)S1. The second kappa shape index (κ2) is 7.30. The van der Waals surface area contributed by atoms with Crippen LogP contribution in [-0.4, -0.2) is 18.2 Å². The van der Waals surface area contributed by atoms with Crippen molar-refractivity contribution in [2.75, 3.05) is 7.11 Å². The molecule has 0 aromatic heterocycles. The molecule has 3 rings (SSSR count). The molecule has 0 unspecified atom stereocenters. The van der Waals surface area contributed by atoms with E-state index in [2.05, 4.69) is 10.3 Å². The van der Waals surface area contributed by atoms with E-state index in [1.807, 2.05) is 24.3 Å². The number of halogens is 2. The number of aliphatic imine (C=N–C) groups is 1. The van der Waals surface area contributed by atoms with E-state index in [9.17, 15) is 4.79 Å². The first-order valence-corrected chi connectivity index (χ1v) is 8.52. The number of carbonyl (C=O) groups is 1. The molecule has 1 fully saturated rings. The molecule has 24 heavy (non-hydrogen) atoms. The lowest BCUT2D eigenvalue weighted by atomic mass is 10.2. The van der Waals surface area contributed by atoms with Crippen LogP contribution in [0.1, 0.15) is 5.56 Å². The minimum Gasteiger partial charge on any atom is -0.494 e. The van der Waals surface area contributed by atoms with Crippen LogP contribution >= 0.6 is 35.0 Å². The fraction of sp³-hybridized carbons (Fsp3) is 0.0588. The van der Waals surface area contributed by atoms with Crippen molar-refractivity contribution in [2.45, 2.75) is 0 Å². The third kappa shape index (κ3) is 3.75. The number of rotatable bonds is 3. The van der Waals surface area contributed by atoms with Crippen molar-refractivity contribution in [3.8, 4) is 5.75 Å². The summed E-state index contributed by atoms with van der Waals surface area (Å²) in [5, 5.41) is 4.25. The highest BCUT2D eigenvalue weighted by Crippen LogP contribution is 2.33. The van der Waals surface area contributed by atoms with Crippen molar-refractivity contribution in [1.82, 2.24) is 5.32 Å². The summed E-state index contributed by atoms with van der Waals surface area (Å²) in [7, 11) is 1.58. The number of benzene rings is 2. The quantitative estimate of drug-likeness (QED) is 0.773. The van der Waals surface area contributed by atoms with Crippen molar-refractivity contribution >= 4 is 57.8 Å². The van der Waals surface area contributed by atoms with Crippen molar-refractivity contribution in [3.63, 3.8) is 0 Å². The lowest BCUT2D eigenvalue weighted by Crippen LogP contribution is -2.19. The number of hydrogen-bond donors (Lipinski definition) is 1. The van der Waals surface area contributed by atoms with Gasteiger partial charge in [-0.3, -0.25) is 4.79 Å². The van der Waals surface area contributed by atoms with Gasteiger partial charge >= 0.3 is 0 Å². The Balaban J connectivity index is 1.88. The zero-order valence-electron chi connectivity index (χ0n) is 12.5. The van der Waals surface area contributed by atoms with Crippen LogP contribution in [0.15, 0.2) is 52.4 Å². The van der Waals surface area contributed by atoms with E-state index in [1.54, 1.807) is 31.4 Å². The maximum atomic E-state index is 12.1. The van der Waals surface area contributed by atoms with Crippen LogP contribution in [0.25, 0.3) is 6.08 Å². The summed E-state index contributed by atoms with van der Waals surface area (Å²) in [5.41, 5.74) is 1.37. The summed E-state index contributed by atoms with van der Waals surface area (Å²) in [6.07, 6.45) is 1.71. The number of hydrogen-bond acceptors (Lipinski definition) is 4. The predicted molar refractivity (Wildman–Crippen MR) is 100 cm³/mol. The van der Waals surface area contributed by atoms with Crippen molar-refractivity contribution in [2.24, 2.45) is 4.99 Å². The zero-order chi connectivity index (χ0) is 17.1. The first kappa shape index (κ1) is 16.9. The van der Waals surface area contributed by atoms with Crippen LogP contribution in [0.2, 0.25) is 10.0 Å². The number of para-hydroxylation sites is 2. The number of nitrogens with one attached hydrogen (secondary N) is 1. The number of amidine groups is 1. The molecule has 0 aliphatic carbocycles.